The number of ether oxygens (including phenoxy) is 2. The summed E-state index contributed by atoms with van der Waals surface area (Å²) in [5.74, 6) is 1.75. The molecule has 1 amide bonds. The average molecular weight is 343 g/mol. The Labute approximate surface area is 144 Å². The number of hydrogen-bond acceptors (Lipinski definition) is 4. The first-order chi connectivity index (χ1) is 10.8. The van der Waals surface area contributed by atoms with E-state index in [4.69, 9.17) is 9.47 Å². The molecule has 1 aliphatic rings. The molecule has 23 heavy (non-hydrogen) atoms. The van der Waals surface area contributed by atoms with E-state index in [1.165, 1.54) is 6.42 Å². The van der Waals surface area contributed by atoms with Crippen LogP contribution in [0.5, 0.6) is 11.5 Å². The number of carbonyl (C=O) groups excluding carboxylic acids is 1. The number of benzene rings is 1. The van der Waals surface area contributed by atoms with Crippen LogP contribution in [0, 0.1) is 0 Å². The van der Waals surface area contributed by atoms with E-state index in [1.807, 2.05) is 31.2 Å². The Kier molecular flexibility index (Phi) is 9.48. The molecule has 0 aliphatic carbocycles. The van der Waals surface area contributed by atoms with Crippen LogP contribution in [0.1, 0.15) is 32.6 Å². The lowest BCUT2D eigenvalue weighted by Crippen LogP contribution is -2.37. The molecular weight excluding hydrogens is 316 g/mol. The zero-order valence-corrected chi connectivity index (χ0v) is 14.5. The summed E-state index contributed by atoms with van der Waals surface area (Å²) in [6.07, 6.45) is 3.58. The Morgan fingerprint density at radius 1 is 1.26 bits per heavy atom. The number of amides is 1. The van der Waals surface area contributed by atoms with Gasteiger partial charge in [0.05, 0.1) is 13.2 Å². The first-order valence-corrected chi connectivity index (χ1v) is 8.13. The molecule has 1 fully saturated rings. The van der Waals surface area contributed by atoms with Crippen LogP contribution in [0.3, 0.4) is 0 Å². The summed E-state index contributed by atoms with van der Waals surface area (Å²) in [6.45, 7) is 4.96. The van der Waals surface area contributed by atoms with Crippen LogP contribution in [0.2, 0.25) is 0 Å². The molecule has 0 spiro atoms. The van der Waals surface area contributed by atoms with E-state index >= 15 is 0 Å². The smallest absolute Gasteiger partial charge is 0.220 e. The Balaban J connectivity index is 0.00000264. The largest absolute Gasteiger partial charge is 0.494 e. The van der Waals surface area contributed by atoms with Crippen LogP contribution in [-0.2, 0) is 4.79 Å². The van der Waals surface area contributed by atoms with Gasteiger partial charge in [-0.15, -0.1) is 12.4 Å². The summed E-state index contributed by atoms with van der Waals surface area (Å²) in [4.78, 5) is 11.7. The normalized spacial score (nSPS) is 16.5. The molecule has 1 aromatic carbocycles. The number of hydrogen-bond donors (Lipinski definition) is 2. The summed E-state index contributed by atoms with van der Waals surface area (Å²) in [5, 5.41) is 6.34. The molecule has 1 unspecified atom stereocenters. The van der Waals surface area contributed by atoms with Crippen molar-refractivity contribution < 1.29 is 14.3 Å². The first kappa shape index (κ1) is 19.6. The fourth-order valence-electron chi connectivity index (χ4n) is 2.48. The molecule has 0 bridgehead atoms. The highest BCUT2D eigenvalue weighted by Gasteiger charge is 2.14. The van der Waals surface area contributed by atoms with Crippen molar-refractivity contribution in [2.24, 2.45) is 0 Å². The van der Waals surface area contributed by atoms with Crippen LogP contribution < -0.4 is 20.1 Å². The zero-order chi connectivity index (χ0) is 15.6. The maximum atomic E-state index is 11.7. The molecule has 130 valence electrons. The number of rotatable bonds is 9. The van der Waals surface area contributed by atoms with Crippen molar-refractivity contribution in [2.45, 2.75) is 38.6 Å². The lowest BCUT2D eigenvalue weighted by molar-refractivity contribution is -0.121. The van der Waals surface area contributed by atoms with Crippen LogP contribution in [0.25, 0.3) is 0 Å². The zero-order valence-electron chi connectivity index (χ0n) is 13.7. The van der Waals surface area contributed by atoms with E-state index in [9.17, 15) is 4.79 Å². The fraction of sp³-hybridized carbons (Fsp3) is 0.588. The summed E-state index contributed by atoms with van der Waals surface area (Å²) < 4.78 is 11.0. The summed E-state index contributed by atoms with van der Waals surface area (Å²) in [7, 11) is 0. The van der Waals surface area contributed by atoms with Gasteiger partial charge in [-0.2, -0.15) is 0 Å². The lowest BCUT2D eigenvalue weighted by Gasteiger charge is -2.11. The molecular formula is C17H27ClN2O3. The van der Waals surface area contributed by atoms with Gasteiger partial charge in [0.2, 0.25) is 5.91 Å². The Hall–Kier alpha value is -1.46. The molecule has 6 heteroatoms. The summed E-state index contributed by atoms with van der Waals surface area (Å²) >= 11 is 0. The highest BCUT2D eigenvalue weighted by atomic mass is 35.5. The van der Waals surface area contributed by atoms with Crippen LogP contribution in [0.4, 0.5) is 0 Å². The van der Waals surface area contributed by atoms with Gasteiger partial charge in [0, 0.05) is 19.0 Å². The van der Waals surface area contributed by atoms with Crippen molar-refractivity contribution in [3.05, 3.63) is 24.3 Å². The fourth-order valence-corrected chi connectivity index (χ4v) is 2.48. The van der Waals surface area contributed by atoms with Crippen molar-refractivity contribution in [1.82, 2.24) is 10.6 Å². The maximum Gasteiger partial charge on any atom is 0.220 e. The second-order valence-electron chi connectivity index (χ2n) is 5.45. The lowest BCUT2D eigenvalue weighted by atomic mass is 10.2. The Bertz CT molecular complexity index is 448. The van der Waals surface area contributed by atoms with Crippen LogP contribution >= 0.6 is 12.4 Å². The third kappa shape index (κ3) is 7.57. The van der Waals surface area contributed by atoms with Gasteiger partial charge in [0.15, 0.2) is 0 Å². The minimum atomic E-state index is 0. The molecule has 0 saturated carbocycles. The number of carbonyl (C=O) groups is 1. The van der Waals surface area contributed by atoms with Gasteiger partial charge in [-0.25, -0.2) is 0 Å². The standard InChI is InChI=1S/C17H26N2O3.ClH/c1-2-21-15-7-9-16(10-8-15)22-12-4-6-17(20)19-13-14-5-3-11-18-14;/h7-10,14,18H,2-6,11-13H2,1H3,(H,19,20);1H. The molecule has 1 aromatic rings. The molecule has 5 nitrogen and oxygen atoms in total. The minimum absolute atomic E-state index is 0. The molecule has 1 aliphatic heterocycles. The van der Waals surface area contributed by atoms with Gasteiger partial charge >= 0.3 is 0 Å². The molecule has 1 heterocycles. The van der Waals surface area contributed by atoms with E-state index in [0.29, 0.717) is 25.7 Å². The Morgan fingerprint density at radius 3 is 2.57 bits per heavy atom. The predicted octanol–water partition coefficient (Wildman–Crippen LogP) is 2.53. The summed E-state index contributed by atoms with van der Waals surface area (Å²) in [6, 6.07) is 8.00. The van der Waals surface area contributed by atoms with Gasteiger partial charge in [-0.3, -0.25) is 4.79 Å². The van der Waals surface area contributed by atoms with E-state index < -0.39 is 0 Å². The maximum absolute atomic E-state index is 11.7. The monoisotopic (exact) mass is 342 g/mol. The average Bonchev–Trinajstić information content (AvgIpc) is 3.05. The van der Waals surface area contributed by atoms with Crippen LogP contribution in [-0.4, -0.2) is 38.3 Å². The van der Waals surface area contributed by atoms with Gasteiger partial charge in [0.1, 0.15) is 11.5 Å². The van der Waals surface area contributed by atoms with E-state index in [-0.39, 0.29) is 18.3 Å². The molecule has 1 atom stereocenters. The SMILES string of the molecule is CCOc1ccc(OCCCC(=O)NCC2CCCN2)cc1.Cl. The quantitative estimate of drug-likeness (QED) is 0.677. The van der Waals surface area contributed by atoms with Gasteiger partial charge in [0.25, 0.3) is 0 Å². The van der Waals surface area contributed by atoms with Crippen molar-refractivity contribution in [1.29, 1.82) is 0 Å². The summed E-state index contributed by atoms with van der Waals surface area (Å²) in [5.41, 5.74) is 0. The van der Waals surface area contributed by atoms with Crippen molar-refractivity contribution >= 4 is 18.3 Å². The van der Waals surface area contributed by atoms with Crippen LogP contribution in [0.15, 0.2) is 24.3 Å². The minimum Gasteiger partial charge on any atom is -0.494 e. The third-order valence-electron chi connectivity index (χ3n) is 3.66. The molecule has 2 rings (SSSR count). The highest BCUT2D eigenvalue weighted by Crippen LogP contribution is 2.17. The van der Waals surface area contributed by atoms with Gasteiger partial charge < -0.3 is 20.1 Å². The highest BCUT2D eigenvalue weighted by molar-refractivity contribution is 5.85. The number of halogens is 1. The van der Waals surface area contributed by atoms with E-state index in [1.54, 1.807) is 0 Å². The molecule has 0 aromatic heterocycles. The number of nitrogens with one attached hydrogen (secondary N) is 2. The third-order valence-corrected chi connectivity index (χ3v) is 3.66. The predicted molar refractivity (Wildman–Crippen MR) is 93.6 cm³/mol. The molecule has 2 N–H and O–H groups in total. The molecule has 1 saturated heterocycles. The van der Waals surface area contributed by atoms with Gasteiger partial charge in [-0.1, -0.05) is 0 Å². The Morgan fingerprint density at radius 2 is 1.96 bits per heavy atom. The molecule has 0 radical (unpaired) electrons. The van der Waals surface area contributed by atoms with Crippen molar-refractivity contribution in [3.63, 3.8) is 0 Å². The van der Waals surface area contributed by atoms with Crippen molar-refractivity contribution in [2.75, 3.05) is 26.3 Å². The van der Waals surface area contributed by atoms with Crippen molar-refractivity contribution in [3.8, 4) is 11.5 Å². The van der Waals surface area contributed by atoms with Gasteiger partial charge in [-0.05, 0) is 57.0 Å². The second-order valence-corrected chi connectivity index (χ2v) is 5.45. The van der Waals surface area contributed by atoms with E-state index in [2.05, 4.69) is 10.6 Å². The van der Waals surface area contributed by atoms with E-state index in [0.717, 1.165) is 37.4 Å². The first-order valence-electron chi connectivity index (χ1n) is 8.13. The topological polar surface area (TPSA) is 59.6 Å². The second kappa shape index (κ2) is 11.1.